The molecule has 6 nitrogen and oxygen atoms in total. The van der Waals surface area contributed by atoms with Crippen molar-refractivity contribution >= 4 is 25.7 Å². The second-order valence-corrected chi connectivity index (χ2v) is 8.22. The first kappa shape index (κ1) is 16.5. The van der Waals surface area contributed by atoms with E-state index in [-0.39, 0.29) is 15.5 Å². The third-order valence-corrected chi connectivity index (χ3v) is 5.84. The normalized spacial score (nSPS) is 12.1. The maximum absolute atomic E-state index is 12.2. The second kappa shape index (κ2) is 6.07. The Morgan fingerprint density at radius 2 is 1.18 bits per heavy atom. The van der Waals surface area contributed by atoms with E-state index in [0.29, 0.717) is 0 Å². The van der Waals surface area contributed by atoms with Gasteiger partial charge in [0.25, 0.3) is 10.0 Å². The summed E-state index contributed by atoms with van der Waals surface area (Å²) in [4.78, 5) is 0.207. The van der Waals surface area contributed by atoms with Crippen LogP contribution in [0.1, 0.15) is 5.56 Å². The fourth-order valence-corrected chi connectivity index (χ4v) is 3.54. The van der Waals surface area contributed by atoms with Crippen LogP contribution in [0.3, 0.4) is 0 Å². The van der Waals surface area contributed by atoms with Crippen LogP contribution in [0, 0.1) is 6.92 Å². The van der Waals surface area contributed by atoms with Gasteiger partial charge in [0.15, 0.2) is 0 Å². The number of rotatable bonds is 5. The van der Waals surface area contributed by atoms with Crippen molar-refractivity contribution in [1.82, 2.24) is 4.72 Å². The van der Waals surface area contributed by atoms with E-state index < -0.39 is 20.0 Å². The standard InChI is InChI=1S/C14H16N2O4S2/c1-11-3-7-14(8-4-11)22(19,20)16-12-5-9-13(10-6-12)21(17,18)15-2/h3-10,15-16H,1-2H3. The van der Waals surface area contributed by atoms with E-state index in [0.717, 1.165) is 5.56 Å². The number of sulfonamides is 2. The van der Waals surface area contributed by atoms with Crippen molar-refractivity contribution in [2.45, 2.75) is 16.7 Å². The van der Waals surface area contributed by atoms with Crippen LogP contribution in [0.4, 0.5) is 5.69 Å². The van der Waals surface area contributed by atoms with Crippen molar-refractivity contribution in [3.8, 4) is 0 Å². The molecule has 0 bridgehead atoms. The summed E-state index contributed by atoms with van der Waals surface area (Å²) < 4.78 is 52.2. The Morgan fingerprint density at radius 3 is 1.68 bits per heavy atom. The van der Waals surface area contributed by atoms with Gasteiger partial charge in [-0.3, -0.25) is 4.72 Å². The van der Waals surface area contributed by atoms with E-state index in [9.17, 15) is 16.8 Å². The zero-order valence-electron chi connectivity index (χ0n) is 12.1. The summed E-state index contributed by atoms with van der Waals surface area (Å²) in [5, 5.41) is 0. The summed E-state index contributed by atoms with van der Waals surface area (Å²) in [6, 6.07) is 11.9. The Morgan fingerprint density at radius 1 is 0.727 bits per heavy atom. The lowest BCUT2D eigenvalue weighted by atomic mass is 10.2. The molecule has 0 amide bonds. The van der Waals surface area contributed by atoms with E-state index in [1.54, 1.807) is 12.1 Å². The van der Waals surface area contributed by atoms with E-state index in [2.05, 4.69) is 9.44 Å². The summed E-state index contributed by atoms with van der Waals surface area (Å²) >= 11 is 0. The van der Waals surface area contributed by atoms with Gasteiger partial charge in [-0.1, -0.05) is 17.7 Å². The van der Waals surface area contributed by atoms with Crippen molar-refractivity contribution < 1.29 is 16.8 Å². The fraction of sp³-hybridized carbons (Fsp3) is 0.143. The van der Waals surface area contributed by atoms with Gasteiger partial charge >= 0.3 is 0 Å². The molecule has 0 spiro atoms. The van der Waals surface area contributed by atoms with Crippen LogP contribution in [-0.2, 0) is 20.0 Å². The largest absolute Gasteiger partial charge is 0.280 e. The van der Waals surface area contributed by atoms with Gasteiger partial charge in [0.2, 0.25) is 10.0 Å². The molecule has 0 aliphatic carbocycles. The third kappa shape index (κ3) is 3.65. The quantitative estimate of drug-likeness (QED) is 0.866. The number of hydrogen-bond donors (Lipinski definition) is 2. The molecule has 2 aromatic rings. The smallest absolute Gasteiger partial charge is 0.261 e. The molecule has 118 valence electrons. The van der Waals surface area contributed by atoms with Gasteiger partial charge in [-0.15, -0.1) is 0 Å². The minimum Gasteiger partial charge on any atom is -0.280 e. The highest BCUT2D eigenvalue weighted by atomic mass is 32.2. The molecule has 0 fully saturated rings. The Labute approximate surface area is 130 Å². The van der Waals surface area contributed by atoms with Crippen LogP contribution in [0.2, 0.25) is 0 Å². The molecule has 2 aromatic carbocycles. The van der Waals surface area contributed by atoms with Crippen molar-refractivity contribution in [3.63, 3.8) is 0 Å². The Hall–Kier alpha value is -1.90. The molecule has 0 radical (unpaired) electrons. The van der Waals surface area contributed by atoms with Crippen LogP contribution in [-0.4, -0.2) is 23.9 Å². The molecule has 0 heterocycles. The third-order valence-electron chi connectivity index (χ3n) is 3.02. The first-order valence-electron chi connectivity index (χ1n) is 6.38. The fourth-order valence-electron chi connectivity index (χ4n) is 1.75. The molecule has 0 saturated carbocycles. The number of hydrogen-bond acceptors (Lipinski definition) is 4. The summed E-state index contributed by atoms with van der Waals surface area (Å²) in [6.45, 7) is 1.87. The molecule has 0 aliphatic rings. The van der Waals surface area contributed by atoms with Crippen LogP contribution >= 0.6 is 0 Å². The molecule has 0 atom stereocenters. The van der Waals surface area contributed by atoms with Gasteiger partial charge < -0.3 is 0 Å². The number of nitrogens with one attached hydrogen (secondary N) is 2. The van der Waals surface area contributed by atoms with Crippen molar-refractivity contribution in [1.29, 1.82) is 0 Å². The lowest BCUT2D eigenvalue weighted by molar-refractivity contribution is 0.588. The van der Waals surface area contributed by atoms with Crippen LogP contribution in [0.15, 0.2) is 58.3 Å². The zero-order valence-corrected chi connectivity index (χ0v) is 13.7. The summed E-state index contributed by atoms with van der Waals surface area (Å²) in [5.41, 5.74) is 1.25. The van der Waals surface area contributed by atoms with Gasteiger partial charge in [-0.05, 0) is 50.4 Å². The lowest BCUT2D eigenvalue weighted by Crippen LogP contribution is -2.18. The van der Waals surface area contributed by atoms with E-state index >= 15 is 0 Å². The molecular formula is C14H16N2O4S2. The SMILES string of the molecule is CNS(=O)(=O)c1ccc(NS(=O)(=O)c2ccc(C)cc2)cc1. The molecule has 8 heteroatoms. The van der Waals surface area contributed by atoms with Crippen LogP contribution in [0.5, 0.6) is 0 Å². The monoisotopic (exact) mass is 340 g/mol. The first-order valence-corrected chi connectivity index (χ1v) is 9.34. The average molecular weight is 340 g/mol. The molecule has 2 rings (SSSR count). The summed E-state index contributed by atoms with van der Waals surface area (Å²) in [6.07, 6.45) is 0. The molecule has 22 heavy (non-hydrogen) atoms. The minimum atomic E-state index is -3.70. The van der Waals surface area contributed by atoms with E-state index in [1.807, 2.05) is 6.92 Å². The first-order chi connectivity index (χ1) is 10.2. The van der Waals surface area contributed by atoms with Crippen molar-refractivity contribution in [2.24, 2.45) is 0 Å². The van der Waals surface area contributed by atoms with Gasteiger partial charge in [-0.2, -0.15) is 0 Å². The Kier molecular flexibility index (Phi) is 4.55. The van der Waals surface area contributed by atoms with Crippen LogP contribution in [0.25, 0.3) is 0 Å². The molecular weight excluding hydrogens is 324 g/mol. The second-order valence-electron chi connectivity index (χ2n) is 4.65. The predicted molar refractivity (Wildman–Crippen MR) is 84.7 cm³/mol. The molecule has 0 saturated heterocycles. The van der Waals surface area contributed by atoms with Gasteiger partial charge in [-0.25, -0.2) is 21.6 Å². The highest BCUT2D eigenvalue weighted by Crippen LogP contribution is 2.18. The average Bonchev–Trinajstić information content (AvgIpc) is 2.48. The lowest BCUT2D eigenvalue weighted by Gasteiger charge is -2.09. The maximum atomic E-state index is 12.2. The highest BCUT2D eigenvalue weighted by Gasteiger charge is 2.15. The number of benzene rings is 2. The molecule has 0 aliphatic heterocycles. The van der Waals surface area contributed by atoms with Gasteiger partial charge in [0, 0.05) is 5.69 Å². The number of aryl methyl sites for hydroxylation is 1. The summed E-state index contributed by atoms with van der Waals surface area (Å²) in [7, 11) is -5.93. The topological polar surface area (TPSA) is 92.3 Å². The minimum absolute atomic E-state index is 0.0632. The Bertz CT molecular complexity index is 856. The molecule has 0 aromatic heterocycles. The van der Waals surface area contributed by atoms with Gasteiger partial charge in [0.1, 0.15) is 0 Å². The predicted octanol–water partition coefficient (Wildman–Crippen LogP) is 1.70. The maximum Gasteiger partial charge on any atom is 0.261 e. The molecule has 2 N–H and O–H groups in total. The van der Waals surface area contributed by atoms with Crippen LogP contribution < -0.4 is 9.44 Å². The summed E-state index contributed by atoms with van der Waals surface area (Å²) in [5.74, 6) is 0. The highest BCUT2D eigenvalue weighted by molar-refractivity contribution is 7.92. The van der Waals surface area contributed by atoms with Crippen molar-refractivity contribution in [2.75, 3.05) is 11.8 Å². The molecule has 0 unspecified atom stereocenters. The van der Waals surface area contributed by atoms with E-state index in [4.69, 9.17) is 0 Å². The van der Waals surface area contributed by atoms with E-state index in [1.165, 1.54) is 43.4 Å². The van der Waals surface area contributed by atoms with Gasteiger partial charge in [0.05, 0.1) is 9.79 Å². The van der Waals surface area contributed by atoms with Crippen molar-refractivity contribution in [3.05, 3.63) is 54.1 Å². The zero-order chi connectivity index (χ0) is 16.4. The number of anilines is 1. The Balaban J connectivity index is 2.25.